The average Bonchev–Trinajstić information content (AvgIpc) is 2.70. The van der Waals surface area contributed by atoms with Crippen molar-refractivity contribution < 1.29 is 14.3 Å². The Labute approximate surface area is 175 Å². The van der Waals surface area contributed by atoms with Crippen LogP contribution in [0.1, 0.15) is 30.5 Å². The summed E-state index contributed by atoms with van der Waals surface area (Å²) in [7, 11) is 1.57. The molecule has 0 saturated carbocycles. The monoisotopic (exact) mass is 446 g/mol. The molecule has 0 saturated heterocycles. The lowest BCUT2D eigenvalue weighted by atomic mass is 10.1. The molecule has 0 spiro atoms. The van der Waals surface area contributed by atoms with Crippen molar-refractivity contribution in [1.29, 1.82) is 0 Å². The first kappa shape index (κ1) is 22.0. The van der Waals surface area contributed by atoms with Crippen molar-refractivity contribution in [3.8, 4) is 5.75 Å². The second kappa shape index (κ2) is 10.3. The summed E-state index contributed by atoms with van der Waals surface area (Å²) in [5.41, 5.74) is 3.28. The number of nitrogens with one attached hydrogen (secondary N) is 1. The normalized spacial score (nSPS) is 11.6. The van der Waals surface area contributed by atoms with Crippen molar-refractivity contribution in [1.82, 2.24) is 10.2 Å². The van der Waals surface area contributed by atoms with Crippen LogP contribution in [0.3, 0.4) is 0 Å². The van der Waals surface area contributed by atoms with Crippen molar-refractivity contribution >= 4 is 27.7 Å². The molecule has 2 rings (SSSR count). The topological polar surface area (TPSA) is 58.6 Å². The number of carbonyl (C=O) groups is 2. The van der Waals surface area contributed by atoms with Crippen molar-refractivity contribution in [3.05, 3.63) is 63.6 Å². The van der Waals surface area contributed by atoms with Gasteiger partial charge < -0.3 is 15.0 Å². The first-order chi connectivity index (χ1) is 13.3. The first-order valence-corrected chi connectivity index (χ1v) is 10.1. The van der Waals surface area contributed by atoms with Crippen molar-refractivity contribution in [2.75, 3.05) is 13.7 Å². The zero-order chi connectivity index (χ0) is 20.7. The molecule has 0 aliphatic heterocycles. The second-order valence-corrected chi connectivity index (χ2v) is 7.56. The fourth-order valence-corrected chi connectivity index (χ4v) is 3.33. The Balaban J connectivity index is 2.13. The third-order valence-electron chi connectivity index (χ3n) is 4.64. The van der Waals surface area contributed by atoms with Crippen LogP contribution < -0.4 is 10.1 Å². The average molecular weight is 447 g/mol. The Hall–Kier alpha value is -2.34. The van der Waals surface area contributed by atoms with Crippen LogP contribution in [0.5, 0.6) is 5.75 Å². The van der Waals surface area contributed by atoms with Gasteiger partial charge in [0.15, 0.2) is 6.61 Å². The maximum Gasteiger partial charge on any atom is 0.261 e. The van der Waals surface area contributed by atoms with Gasteiger partial charge in [-0.2, -0.15) is 0 Å². The number of benzene rings is 2. The van der Waals surface area contributed by atoms with Crippen molar-refractivity contribution in [2.24, 2.45) is 0 Å². The van der Waals surface area contributed by atoms with Crippen LogP contribution in [0.4, 0.5) is 0 Å². The fourth-order valence-electron chi connectivity index (χ4n) is 2.79. The molecule has 0 aliphatic rings. The van der Waals surface area contributed by atoms with Crippen molar-refractivity contribution in [3.63, 3.8) is 0 Å². The smallest absolute Gasteiger partial charge is 0.261 e. The summed E-state index contributed by atoms with van der Waals surface area (Å²) in [6, 6.07) is 13.1. The van der Waals surface area contributed by atoms with Crippen LogP contribution in [0.2, 0.25) is 0 Å². The molecule has 0 bridgehead atoms. The zero-order valence-corrected chi connectivity index (χ0v) is 18.4. The van der Waals surface area contributed by atoms with Crippen LogP contribution in [0.25, 0.3) is 0 Å². The maximum absolute atomic E-state index is 12.9. The van der Waals surface area contributed by atoms with Gasteiger partial charge in [0.2, 0.25) is 5.91 Å². The van der Waals surface area contributed by atoms with E-state index in [0.717, 1.165) is 22.0 Å². The molecule has 0 heterocycles. The summed E-state index contributed by atoms with van der Waals surface area (Å²) in [4.78, 5) is 26.6. The molecule has 1 N–H and O–H groups in total. The van der Waals surface area contributed by atoms with Gasteiger partial charge >= 0.3 is 0 Å². The predicted molar refractivity (Wildman–Crippen MR) is 114 cm³/mol. The highest BCUT2D eigenvalue weighted by Gasteiger charge is 2.26. The van der Waals surface area contributed by atoms with Crippen LogP contribution in [-0.2, 0) is 22.6 Å². The summed E-state index contributed by atoms with van der Waals surface area (Å²) in [5, 5.41) is 2.61. The van der Waals surface area contributed by atoms with Gasteiger partial charge in [-0.1, -0.05) is 42.8 Å². The summed E-state index contributed by atoms with van der Waals surface area (Å²) in [5.74, 6) is 0.144. The third-order valence-corrected chi connectivity index (χ3v) is 5.26. The van der Waals surface area contributed by atoms with Gasteiger partial charge in [-0.3, -0.25) is 9.59 Å². The highest BCUT2D eigenvalue weighted by atomic mass is 79.9. The first-order valence-electron chi connectivity index (χ1n) is 9.33. The molecule has 150 valence electrons. The lowest BCUT2D eigenvalue weighted by molar-refractivity contribution is -0.142. The Morgan fingerprint density at radius 3 is 2.36 bits per heavy atom. The van der Waals surface area contributed by atoms with E-state index in [9.17, 15) is 9.59 Å². The van der Waals surface area contributed by atoms with E-state index < -0.39 is 6.04 Å². The van der Waals surface area contributed by atoms with E-state index in [1.165, 1.54) is 10.5 Å². The van der Waals surface area contributed by atoms with Crippen LogP contribution >= 0.6 is 15.9 Å². The molecule has 2 amide bonds. The van der Waals surface area contributed by atoms with Gasteiger partial charge in [-0.05, 0) is 59.5 Å². The highest BCUT2D eigenvalue weighted by molar-refractivity contribution is 9.10. The number of ether oxygens (including phenoxy) is 1. The van der Waals surface area contributed by atoms with E-state index in [1.54, 1.807) is 14.0 Å². The van der Waals surface area contributed by atoms with Crippen LogP contribution in [-0.4, -0.2) is 36.4 Å². The largest absolute Gasteiger partial charge is 0.483 e. The highest BCUT2D eigenvalue weighted by Crippen LogP contribution is 2.26. The van der Waals surface area contributed by atoms with Crippen LogP contribution in [0, 0.1) is 6.92 Å². The molecule has 0 fully saturated rings. The number of amides is 2. The van der Waals surface area contributed by atoms with Gasteiger partial charge in [0.25, 0.3) is 5.91 Å². The zero-order valence-electron chi connectivity index (χ0n) is 16.8. The molecule has 6 heteroatoms. The number of nitrogens with zero attached hydrogens (tertiary/aromatic N) is 1. The van der Waals surface area contributed by atoms with Gasteiger partial charge in [-0.15, -0.1) is 0 Å². The number of rotatable bonds is 8. The molecule has 0 unspecified atom stereocenters. The summed E-state index contributed by atoms with van der Waals surface area (Å²) < 4.78 is 6.54. The minimum absolute atomic E-state index is 0.142. The SMILES string of the molecule is CCc1ccc(OCC(=O)N(Cc2ccc(C)cc2)[C@H](C)C(=O)NC)c(Br)c1. The van der Waals surface area contributed by atoms with Gasteiger partial charge in [0.1, 0.15) is 11.8 Å². The van der Waals surface area contributed by atoms with E-state index in [0.29, 0.717) is 12.3 Å². The van der Waals surface area contributed by atoms with Crippen LogP contribution in [0.15, 0.2) is 46.9 Å². The van der Waals surface area contributed by atoms with Gasteiger partial charge in [-0.25, -0.2) is 0 Å². The minimum Gasteiger partial charge on any atom is -0.483 e. The number of hydrogen-bond donors (Lipinski definition) is 1. The molecule has 0 radical (unpaired) electrons. The van der Waals surface area contributed by atoms with E-state index in [4.69, 9.17) is 4.74 Å². The van der Waals surface area contributed by atoms with E-state index in [1.807, 2.05) is 49.4 Å². The molecule has 28 heavy (non-hydrogen) atoms. The molecule has 5 nitrogen and oxygen atoms in total. The third kappa shape index (κ3) is 5.83. The quantitative estimate of drug-likeness (QED) is 0.669. The summed E-state index contributed by atoms with van der Waals surface area (Å²) in [6.45, 7) is 6.01. The molecule has 0 aliphatic carbocycles. The lowest BCUT2D eigenvalue weighted by Crippen LogP contribution is -2.48. The molecule has 0 aromatic heterocycles. The van der Waals surface area contributed by atoms with E-state index in [2.05, 4.69) is 28.2 Å². The molecule has 2 aromatic carbocycles. The summed E-state index contributed by atoms with van der Waals surface area (Å²) in [6.07, 6.45) is 0.922. The Bertz CT molecular complexity index is 821. The number of likely N-dealkylation sites (N-methyl/N-ethyl adjacent to an activating group) is 1. The number of hydrogen-bond acceptors (Lipinski definition) is 3. The maximum atomic E-state index is 12.9. The van der Waals surface area contributed by atoms with Gasteiger partial charge in [0, 0.05) is 13.6 Å². The molecular weight excluding hydrogens is 420 g/mol. The van der Waals surface area contributed by atoms with E-state index >= 15 is 0 Å². The fraction of sp³-hybridized carbons (Fsp3) is 0.364. The summed E-state index contributed by atoms with van der Waals surface area (Å²) >= 11 is 3.48. The molecular formula is C22H27BrN2O3. The lowest BCUT2D eigenvalue weighted by Gasteiger charge is -2.28. The number of halogens is 1. The molecule has 1 atom stereocenters. The number of aryl methyl sites for hydroxylation is 2. The Kier molecular flexibility index (Phi) is 8.05. The Morgan fingerprint density at radius 1 is 1.14 bits per heavy atom. The van der Waals surface area contributed by atoms with Gasteiger partial charge in [0.05, 0.1) is 4.47 Å². The molecule has 2 aromatic rings. The minimum atomic E-state index is -0.603. The van der Waals surface area contributed by atoms with E-state index in [-0.39, 0.29) is 18.4 Å². The second-order valence-electron chi connectivity index (χ2n) is 6.70. The predicted octanol–water partition coefficient (Wildman–Crippen LogP) is 3.86. The van der Waals surface area contributed by atoms with Crippen molar-refractivity contribution in [2.45, 2.75) is 39.8 Å². The number of carbonyl (C=O) groups excluding carboxylic acids is 2. The Morgan fingerprint density at radius 2 is 1.79 bits per heavy atom. The standard InChI is InChI=1S/C22H27BrN2O3/c1-5-17-10-11-20(19(23)12-17)28-14-21(26)25(16(3)22(27)24-4)13-18-8-6-15(2)7-9-18/h6-12,16H,5,13-14H2,1-4H3,(H,24,27)/t16-/m1/s1.